The molecule has 0 unspecified atom stereocenters. The quantitative estimate of drug-likeness (QED) is 0.546. The zero-order valence-corrected chi connectivity index (χ0v) is 12.8. The molecule has 0 heterocycles. The summed E-state index contributed by atoms with van der Waals surface area (Å²) in [4.78, 5) is 10.7. The fraction of sp³-hybridized carbons (Fsp3) is 0.600. The molecule has 0 saturated heterocycles. The van der Waals surface area contributed by atoms with Gasteiger partial charge in [0.1, 0.15) is 0 Å². The summed E-state index contributed by atoms with van der Waals surface area (Å²) in [7, 11) is 0. The van der Waals surface area contributed by atoms with Crippen LogP contribution in [0.1, 0.15) is 47.0 Å². The summed E-state index contributed by atoms with van der Waals surface area (Å²) in [5.41, 5.74) is 1.65. The average Bonchev–Trinajstić information content (AvgIpc) is 2.44. The summed E-state index contributed by atoms with van der Waals surface area (Å²) >= 11 is 0. The third-order valence-corrected chi connectivity index (χ3v) is 3.71. The maximum Gasteiger partial charge on any atom is 0.273 e. The first kappa shape index (κ1) is 16.3. The van der Waals surface area contributed by atoms with Gasteiger partial charge in [-0.15, -0.1) is 0 Å². The van der Waals surface area contributed by atoms with Gasteiger partial charge in [0.25, 0.3) is 5.69 Å². The minimum atomic E-state index is -0.350. The highest BCUT2D eigenvalue weighted by Gasteiger charge is 2.20. The van der Waals surface area contributed by atoms with Crippen molar-refractivity contribution < 1.29 is 4.92 Å². The van der Waals surface area contributed by atoms with E-state index in [1.807, 2.05) is 6.07 Å². The first-order valence-electron chi connectivity index (χ1n) is 7.25. The van der Waals surface area contributed by atoms with Gasteiger partial charge in [0.2, 0.25) is 0 Å². The van der Waals surface area contributed by atoms with Gasteiger partial charge in [0.15, 0.2) is 0 Å². The second-order valence-electron chi connectivity index (χ2n) is 5.35. The van der Waals surface area contributed by atoms with Gasteiger partial charge in [0, 0.05) is 35.6 Å². The van der Waals surface area contributed by atoms with Gasteiger partial charge in [-0.25, -0.2) is 0 Å². The lowest BCUT2D eigenvalue weighted by atomic mass is 9.95. The van der Waals surface area contributed by atoms with Gasteiger partial charge in [-0.3, -0.25) is 10.1 Å². The van der Waals surface area contributed by atoms with Gasteiger partial charge >= 0.3 is 0 Å². The average molecular weight is 279 g/mol. The van der Waals surface area contributed by atoms with Gasteiger partial charge in [-0.05, 0) is 32.3 Å². The van der Waals surface area contributed by atoms with Crippen molar-refractivity contribution in [2.24, 2.45) is 0 Å². The van der Waals surface area contributed by atoms with Crippen LogP contribution in [-0.4, -0.2) is 17.0 Å². The predicted molar refractivity (Wildman–Crippen MR) is 84.5 cm³/mol. The molecule has 0 aliphatic heterocycles. The number of nitrogens with zero attached hydrogens (tertiary/aromatic N) is 1. The van der Waals surface area contributed by atoms with Crippen LogP contribution >= 0.6 is 0 Å². The summed E-state index contributed by atoms with van der Waals surface area (Å²) < 4.78 is 0. The van der Waals surface area contributed by atoms with Crippen LogP contribution in [0.4, 0.5) is 17.1 Å². The number of nitrogens with one attached hydrogen (secondary N) is 2. The van der Waals surface area contributed by atoms with Crippen molar-refractivity contribution in [3.05, 3.63) is 28.3 Å². The lowest BCUT2D eigenvalue weighted by Gasteiger charge is -2.29. The highest BCUT2D eigenvalue weighted by atomic mass is 16.6. The van der Waals surface area contributed by atoms with Crippen molar-refractivity contribution in [1.29, 1.82) is 0 Å². The van der Waals surface area contributed by atoms with E-state index in [1.165, 1.54) is 0 Å². The fourth-order valence-electron chi connectivity index (χ4n) is 1.94. The van der Waals surface area contributed by atoms with Crippen molar-refractivity contribution >= 4 is 17.1 Å². The van der Waals surface area contributed by atoms with E-state index in [0.29, 0.717) is 0 Å². The molecule has 0 saturated carbocycles. The van der Waals surface area contributed by atoms with Crippen LogP contribution < -0.4 is 10.6 Å². The number of anilines is 2. The molecule has 0 bridgehead atoms. The van der Waals surface area contributed by atoms with E-state index in [2.05, 4.69) is 38.3 Å². The van der Waals surface area contributed by atoms with E-state index in [1.54, 1.807) is 12.1 Å². The Bertz CT molecular complexity index is 456. The molecule has 1 aromatic rings. The van der Waals surface area contributed by atoms with Crippen molar-refractivity contribution in [3.8, 4) is 0 Å². The van der Waals surface area contributed by atoms with Crippen LogP contribution in [0.2, 0.25) is 0 Å². The van der Waals surface area contributed by atoms with Crippen LogP contribution in [0.15, 0.2) is 18.2 Å². The lowest BCUT2D eigenvalue weighted by molar-refractivity contribution is -0.384. The number of non-ortho nitro benzene ring substituents is 1. The molecule has 5 nitrogen and oxygen atoms in total. The van der Waals surface area contributed by atoms with Crippen LogP contribution in [-0.2, 0) is 0 Å². The molecule has 5 heteroatoms. The summed E-state index contributed by atoms with van der Waals surface area (Å²) in [6.45, 7) is 9.23. The SMILES string of the molecule is CCCNc1cc(NC(C)(CC)CC)cc([N+](=O)[O-])c1. The third-order valence-electron chi connectivity index (χ3n) is 3.71. The maximum atomic E-state index is 11.0. The molecule has 0 amide bonds. The number of nitro groups is 1. The second-order valence-corrected chi connectivity index (χ2v) is 5.35. The van der Waals surface area contributed by atoms with Gasteiger partial charge in [-0.1, -0.05) is 20.8 Å². The van der Waals surface area contributed by atoms with Crippen LogP contribution in [0.25, 0.3) is 0 Å². The Labute approximate surface area is 120 Å². The minimum Gasteiger partial charge on any atom is -0.385 e. The zero-order valence-electron chi connectivity index (χ0n) is 12.8. The molecule has 1 aromatic carbocycles. The molecule has 1 rings (SSSR count). The molecule has 0 atom stereocenters. The highest BCUT2D eigenvalue weighted by Crippen LogP contribution is 2.28. The lowest BCUT2D eigenvalue weighted by Crippen LogP contribution is -2.32. The van der Waals surface area contributed by atoms with Gasteiger partial charge < -0.3 is 10.6 Å². The monoisotopic (exact) mass is 279 g/mol. The van der Waals surface area contributed by atoms with E-state index in [9.17, 15) is 10.1 Å². The highest BCUT2D eigenvalue weighted by molar-refractivity contribution is 5.64. The Morgan fingerprint density at radius 1 is 1.15 bits per heavy atom. The van der Waals surface area contributed by atoms with Gasteiger partial charge in [-0.2, -0.15) is 0 Å². The molecule has 0 aromatic heterocycles. The van der Waals surface area contributed by atoms with E-state index < -0.39 is 0 Å². The molecule has 20 heavy (non-hydrogen) atoms. The van der Waals surface area contributed by atoms with Crippen LogP contribution in [0.5, 0.6) is 0 Å². The maximum absolute atomic E-state index is 11.0. The summed E-state index contributed by atoms with van der Waals surface area (Å²) in [5.74, 6) is 0. The minimum absolute atomic E-state index is 0.0444. The molecule has 0 spiro atoms. The zero-order chi connectivity index (χ0) is 15.2. The van der Waals surface area contributed by atoms with Crippen molar-refractivity contribution in [2.45, 2.75) is 52.5 Å². The largest absolute Gasteiger partial charge is 0.385 e. The van der Waals surface area contributed by atoms with E-state index in [4.69, 9.17) is 0 Å². The molecule has 2 N–H and O–H groups in total. The third kappa shape index (κ3) is 4.40. The molecule has 0 aliphatic rings. The van der Waals surface area contributed by atoms with Gasteiger partial charge in [0.05, 0.1) is 4.92 Å². The molecular formula is C15H25N3O2. The van der Waals surface area contributed by atoms with Crippen molar-refractivity contribution in [1.82, 2.24) is 0 Å². The van der Waals surface area contributed by atoms with E-state index in [-0.39, 0.29) is 16.1 Å². The Morgan fingerprint density at radius 2 is 1.75 bits per heavy atom. The summed E-state index contributed by atoms with van der Waals surface area (Å²) in [6, 6.07) is 5.11. The Morgan fingerprint density at radius 3 is 2.25 bits per heavy atom. The normalized spacial score (nSPS) is 11.2. The van der Waals surface area contributed by atoms with E-state index >= 15 is 0 Å². The molecule has 0 radical (unpaired) electrons. The van der Waals surface area contributed by atoms with Crippen LogP contribution in [0, 0.1) is 10.1 Å². The summed E-state index contributed by atoms with van der Waals surface area (Å²) in [5, 5.41) is 17.7. The first-order valence-corrected chi connectivity index (χ1v) is 7.25. The number of hydrogen-bond donors (Lipinski definition) is 2. The topological polar surface area (TPSA) is 67.2 Å². The number of benzene rings is 1. The molecular weight excluding hydrogens is 254 g/mol. The van der Waals surface area contributed by atoms with Crippen LogP contribution in [0.3, 0.4) is 0 Å². The Balaban J connectivity index is 3.05. The molecule has 0 fully saturated rings. The fourth-order valence-corrected chi connectivity index (χ4v) is 1.94. The van der Waals surface area contributed by atoms with Crippen molar-refractivity contribution in [2.75, 3.05) is 17.2 Å². The van der Waals surface area contributed by atoms with Crippen molar-refractivity contribution in [3.63, 3.8) is 0 Å². The standard InChI is InChI=1S/C15H25N3O2/c1-5-8-16-12-9-13(11-14(10-12)18(19)20)17-15(4,6-2)7-3/h9-11,16-17H,5-8H2,1-4H3. The Hall–Kier alpha value is -1.78. The Kier molecular flexibility index (Phi) is 5.80. The number of nitro benzene ring substituents is 1. The first-order chi connectivity index (χ1) is 9.44. The second kappa shape index (κ2) is 7.12. The number of hydrogen-bond acceptors (Lipinski definition) is 4. The van der Waals surface area contributed by atoms with E-state index in [0.717, 1.165) is 37.2 Å². The summed E-state index contributed by atoms with van der Waals surface area (Å²) in [6.07, 6.45) is 2.90. The number of rotatable bonds is 8. The predicted octanol–water partition coefficient (Wildman–Crippen LogP) is 4.41. The smallest absolute Gasteiger partial charge is 0.273 e. The molecule has 112 valence electrons. The molecule has 0 aliphatic carbocycles.